The summed E-state index contributed by atoms with van der Waals surface area (Å²) in [6, 6.07) is 13.2. The van der Waals surface area contributed by atoms with E-state index in [-0.39, 0.29) is 0 Å². The summed E-state index contributed by atoms with van der Waals surface area (Å²) >= 11 is 0. The van der Waals surface area contributed by atoms with Crippen molar-refractivity contribution in [2.24, 2.45) is 0 Å². The molecule has 0 aliphatic heterocycles. The van der Waals surface area contributed by atoms with Crippen LogP contribution in [-0.4, -0.2) is 26.3 Å². The van der Waals surface area contributed by atoms with Gasteiger partial charge in [0.2, 0.25) is 0 Å². The maximum Gasteiger partial charge on any atom is 0.0482 e. The van der Waals surface area contributed by atoms with Gasteiger partial charge in [-0.2, -0.15) is 0 Å². The monoisotopic (exact) mass is 396 g/mol. The van der Waals surface area contributed by atoms with Gasteiger partial charge in [0.05, 0.1) is 0 Å². The molecule has 0 aliphatic rings. The molecule has 0 fully saturated rings. The molecule has 0 saturated carbocycles. The lowest BCUT2D eigenvalue weighted by Crippen LogP contribution is -2.11. The van der Waals surface area contributed by atoms with Gasteiger partial charge in [0, 0.05) is 37.7 Å². The molecule has 2 N–H and O–H groups in total. The second-order valence-electron chi connectivity index (χ2n) is 7.49. The van der Waals surface area contributed by atoms with Crippen molar-refractivity contribution >= 4 is 11.4 Å². The van der Waals surface area contributed by atoms with Crippen molar-refractivity contribution in [3.63, 3.8) is 0 Å². The van der Waals surface area contributed by atoms with Gasteiger partial charge < -0.3 is 15.4 Å². The van der Waals surface area contributed by atoms with E-state index in [1.165, 1.54) is 33.6 Å². The summed E-state index contributed by atoms with van der Waals surface area (Å²) in [6.45, 7) is 12.4. The van der Waals surface area contributed by atoms with Crippen molar-refractivity contribution in [2.45, 2.75) is 66.2 Å². The van der Waals surface area contributed by atoms with Gasteiger partial charge in [-0.3, -0.25) is 0 Å². The Hall–Kier alpha value is -2.00. The molecule has 2 aromatic rings. The molecular formula is C26H40N2O. The summed E-state index contributed by atoms with van der Waals surface area (Å²) in [5.74, 6) is 0. The smallest absolute Gasteiger partial charge is 0.0482 e. The van der Waals surface area contributed by atoms with Crippen LogP contribution in [-0.2, 0) is 30.4 Å². The van der Waals surface area contributed by atoms with E-state index in [0.29, 0.717) is 0 Å². The summed E-state index contributed by atoms with van der Waals surface area (Å²) in [5.41, 5.74) is 8.32. The van der Waals surface area contributed by atoms with Crippen LogP contribution < -0.4 is 10.6 Å². The van der Waals surface area contributed by atoms with E-state index in [4.69, 9.17) is 4.74 Å². The van der Waals surface area contributed by atoms with Crippen LogP contribution in [0.4, 0.5) is 11.4 Å². The molecule has 2 rings (SSSR count). The van der Waals surface area contributed by atoms with Gasteiger partial charge in [-0.15, -0.1) is 0 Å². The lowest BCUT2D eigenvalue weighted by Gasteiger charge is -2.16. The fraction of sp³-hybridized carbons (Fsp3) is 0.538. The minimum Gasteiger partial charge on any atom is -0.385 e. The molecule has 0 radical (unpaired) electrons. The second kappa shape index (κ2) is 13.3. The Bertz CT molecular complexity index is 621. The molecule has 2 aromatic carbocycles. The molecule has 3 nitrogen and oxygen atoms in total. The van der Waals surface area contributed by atoms with E-state index in [1.807, 2.05) is 0 Å². The number of nitrogens with one attached hydrogen (secondary N) is 2. The normalized spacial score (nSPS) is 10.9. The maximum atomic E-state index is 5.86. The van der Waals surface area contributed by atoms with Gasteiger partial charge in [-0.05, 0) is 60.8 Å². The maximum absolute atomic E-state index is 5.86. The first kappa shape index (κ1) is 23.3. The number of hydrogen-bond acceptors (Lipinski definition) is 3. The van der Waals surface area contributed by atoms with E-state index >= 15 is 0 Å². The Balaban J connectivity index is 1.63. The lowest BCUT2D eigenvalue weighted by molar-refractivity contribution is 0.133. The molecular weight excluding hydrogens is 356 g/mol. The van der Waals surface area contributed by atoms with Gasteiger partial charge in [-0.25, -0.2) is 0 Å². The standard InChI is InChI=1S/C26H40N2O/c1-5-21-13-9-14-22(6-2)25(21)27-17-11-19-29-20-12-18-28-26-23(7-3)15-10-16-24(26)8-4/h9-10,13-16,27-28H,5-8,11-12,17-20H2,1-4H3. The number of benzene rings is 2. The van der Waals surface area contributed by atoms with Crippen LogP contribution in [0.1, 0.15) is 62.8 Å². The van der Waals surface area contributed by atoms with Crippen LogP contribution >= 0.6 is 0 Å². The van der Waals surface area contributed by atoms with Crippen LogP contribution in [0, 0.1) is 0 Å². The molecule has 0 atom stereocenters. The fourth-order valence-electron chi connectivity index (χ4n) is 3.82. The zero-order chi connectivity index (χ0) is 20.9. The highest BCUT2D eigenvalue weighted by Gasteiger charge is 2.06. The summed E-state index contributed by atoms with van der Waals surface area (Å²) in [7, 11) is 0. The van der Waals surface area contributed by atoms with E-state index in [9.17, 15) is 0 Å². The zero-order valence-corrected chi connectivity index (χ0v) is 18.9. The molecule has 0 heterocycles. The predicted octanol–water partition coefficient (Wildman–Crippen LogP) is 6.26. The number of hydrogen-bond donors (Lipinski definition) is 2. The van der Waals surface area contributed by atoms with Crippen molar-refractivity contribution in [3.05, 3.63) is 58.7 Å². The molecule has 0 spiro atoms. The van der Waals surface area contributed by atoms with E-state index < -0.39 is 0 Å². The van der Waals surface area contributed by atoms with Gasteiger partial charge in [0.15, 0.2) is 0 Å². The Labute approximate surface area is 178 Å². The summed E-state index contributed by atoms with van der Waals surface area (Å²) < 4.78 is 5.86. The van der Waals surface area contributed by atoms with Crippen LogP contribution in [0.3, 0.4) is 0 Å². The first-order chi connectivity index (χ1) is 14.2. The average Bonchev–Trinajstić information content (AvgIpc) is 2.77. The van der Waals surface area contributed by atoms with Gasteiger partial charge in [0.1, 0.15) is 0 Å². The topological polar surface area (TPSA) is 33.3 Å². The molecule has 0 aliphatic carbocycles. The lowest BCUT2D eigenvalue weighted by atomic mass is 10.0. The number of rotatable bonds is 14. The number of aryl methyl sites for hydroxylation is 4. The summed E-state index contributed by atoms with van der Waals surface area (Å²) in [6.07, 6.45) is 6.35. The SMILES string of the molecule is CCc1cccc(CC)c1NCCCOCCCNc1c(CC)cccc1CC. The highest BCUT2D eigenvalue weighted by atomic mass is 16.5. The van der Waals surface area contributed by atoms with Crippen molar-refractivity contribution in [1.82, 2.24) is 0 Å². The molecule has 3 heteroatoms. The van der Waals surface area contributed by atoms with Crippen molar-refractivity contribution < 1.29 is 4.74 Å². The molecule has 0 bridgehead atoms. The van der Waals surface area contributed by atoms with Crippen molar-refractivity contribution in [1.29, 1.82) is 0 Å². The van der Waals surface area contributed by atoms with E-state index in [1.54, 1.807) is 0 Å². The quantitative estimate of drug-likeness (QED) is 0.370. The molecule has 160 valence electrons. The number of ether oxygens (including phenoxy) is 1. The molecule has 0 unspecified atom stereocenters. The minimum absolute atomic E-state index is 0.814. The van der Waals surface area contributed by atoms with Crippen LogP contribution in [0.25, 0.3) is 0 Å². The Morgan fingerprint density at radius 1 is 0.586 bits per heavy atom. The van der Waals surface area contributed by atoms with E-state index in [0.717, 1.165) is 64.8 Å². The highest BCUT2D eigenvalue weighted by Crippen LogP contribution is 2.23. The van der Waals surface area contributed by atoms with Crippen molar-refractivity contribution in [3.8, 4) is 0 Å². The molecule has 0 aromatic heterocycles. The van der Waals surface area contributed by atoms with Gasteiger partial charge in [0.25, 0.3) is 0 Å². The Morgan fingerprint density at radius 3 is 1.24 bits per heavy atom. The average molecular weight is 397 g/mol. The van der Waals surface area contributed by atoms with Crippen LogP contribution in [0.15, 0.2) is 36.4 Å². The fourth-order valence-corrected chi connectivity index (χ4v) is 3.82. The Kier molecular flexibility index (Phi) is 10.6. The first-order valence-electron chi connectivity index (χ1n) is 11.5. The first-order valence-corrected chi connectivity index (χ1v) is 11.5. The zero-order valence-electron chi connectivity index (χ0n) is 18.9. The Morgan fingerprint density at radius 2 is 0.931 bits per heavy atom. The third-order valence-electron chi connectivity index (χ3n) is 5.53. The highest BCUT2D eigenvalue weighted by molar-refractivity contribution is 5.58. The van der Waals surface area contributed by atoms with Crippen molar-refractivity contribution in [2.75, 3.05) is 36.9 Å². The van der Waals surface area contributed by atoms with Crippen LogP contribution in [0.5, 0.6) is 0 Å². The third-order valence-corrected chi connectivity index (χ3v) is 5.53. The second-order valence-corrected chi connectivity index (χ2v) is 7.49. The van der Waals surface area contributed by atoms with Crippen LogP contribution in [0.2, 0.25) is 0 Å². The van der Waals surface area contributed by atoms with Gasteiger partial charge >= 0.3 is 0 Å². The van der Waals surface area contributed by atoms with E-state index in [2.05, 4.69) is 74.7 Å². The third kappa shape index (κ3) is 7.08. The largest absolute Gasteiger partial charge is 0.385 e. The number of anilines is 2. The van der Waals surface area contributed by atoms with Gasteiger partial charge in [-0.1, -0.05) is 64.1 Å². The summed E-state index contributed by atoms with van der Waals surface area (Å²) in [4.78, 5) is 0. The predicted molar refractivity (Wildman–Crippen MR) is 127 cm³/mol. The summed E-state index contributed by atoms with van der Waals surface area (Å²) in [5, 5.41) is 7.28. The minimum atomic E-state index is 0.814. The molecule has 0 saturated heterocycles. The molecule has 29 heavy (non-hydrogen) atoms. The number of para-hydroxylation sites is 2. The molecule has 0 amide bonds.